The first-order valence-electron chi connectivity index (χ1n) is 6.58. The highest BCUT2D eigenvalue weighted by Gasteiger charge is 2.36. The Labute approximate surface area is 115 Å². The van der Waals surface area contributed by atoms with E-state index in [1.807, 2.05) is 0 Å². The Balaban J connectivity index is 2.09. The zero-order chi connectivity index (χ0) is 14.6. The first-order chi connectivity index (χ1) is 9.46. The van der Waals surface area contributed by atoms with Crippen molar-refractivity contribution in [2.24, 2.45) is 0 Å². The van der Waals surface area contributed by atoms with Crippen molar-refractivity contribution < 1.29 is 18.0 Å². The SMILES string of the molecule is O=C([C@H]1CCCN1)N(Cc1ccccc1)CC(F)(F)F. The molecule has 6 heteroatoms. The van der Waals surface area contributed by atoms with E-state index in [1.165, 1.54) is 0 Å². The third-order valence-corrected chi connectivity index (χ3v) is 3.26. The van der Waals surface area contributed by atoms with Crippen LogP contribution in [-0.4, -0.2) is 36.1 Å². The predicted octanol–water partition coefficient (Wildman–Crippen LogP) is 2.33. The summed E-state index contributed by atoms with van der Waals surface area (Å²) < 4.78 is 37.9. The fraction of sp³-hybridized carbons (Fsp3) is 0.500. The van der Waals surface area contributed by atoms with Gasteiger partial charge in [-0.05, 0) is 24.9 Å². The van der Waals surface area contributed by atoms with Gasteiger partial charge in [0.25, 0.3) is 0 Å². The molecule has 0 bridgehead atoms. The first-order valence-corrected chi connectivity index (χ1v) is 6.58. The minimum Gasteiger partial charge on any atom is -0.328 e. The number of nitrogens with one attached hydrogen (secondary N) is 1. The molecule has 1 N–H and O–H groups in total. The van der Waals surface area contributed by atoms with Gasteiger partial charge in [-0.2, -0.15) is 13.2 Å². The summed E-state index contributed by atoms with van der Waals surface area (Å²) in [5, 5.41) is 2.95. The van der Waals surface area contributed by atoms with Crippen LogP contribution in [0.1, 0.15) is 18.4 Å². The number of nitrogens with zero attached hydrogens (tertiary/aromatic N) is 1. The van der Waals surface area contributed by atoms with E-state index in [-0.39, 0.29) is 6.54 Å². The Hall–Kier alpha value is -1.56. The fourth-order valence-electron chi connectivity index (χ4n) is 2.35. The van der Waals surface area contributed by atoms with Crippen LogP contribution in [0.15, 0.2) is 30.3 Å². The van der Waals surface area contributed by atoms with Crippen molar-refractivity contribution in [2.75, 3.05) is 13.1 Å². The molecule has 1 aromatic rings. The first kappa shape index (κ1) is 14.8. The van der Waals surface area contributed by atoms with Gasteiger partial charge in [-0.3, -0.25) is 4.79 Å². The average Bonchev–Trinajstić information content (AvgIpc) is 2.90. The molecule has 0 aliphatic carbocycles. The molecule has 110 valence electrons. The standard InChI is InChI=1S/C14H17F3N2O/c15-14(16,17)10-19(9-11-5-2-1-3-6-11)13(20)12-7-4-8-18-12/h1-3,5-6,12,18H,4,7-10H2/t12-/m1/s1. The third kappa shape index (κ3) is 4.23. The summed E-state index contributed by atoms with van der Waals surface area (Å²) in [5.41, 5.74) is 0.697. The maximum Gasteiger partial charge on any atom is 0.406 e. The lowest BCUT2D eigenvalue weighted by atomic mass is 10.1. The van der Waals surface area contributed by atoms with Gasteiger partial charge >= 0.3 is 6.18 Å². The van der Waals surface area contributed by atoms with Crippen molar-refractivity contribution in [3.05, 3.63) is 35.9 Å². The normalized spacial score (nSPS) is 19.1. The van der Waals surface area contributed by atoms with Gasteiger partial charge in [-0.25, -0.2) is 0 Å². The fourth-order valence-corrected chi connectivity index (χ4v) is 2.35. The Bertz CT molecular complexity index is 441. The Morgan fingerprint density at radius 1 is 1.30 bits per heavy atom. The third-order valence-electron chi connectivity index (χ3n) is 3.26. The summed E-state index contributed by atoms with van der Waals surface area (Å²) in [4.78, 5) is 13.1. The van der Waals surface area contributed by atoms with Gasteiger partial charge in [-0.1, -0.05) is 30.3 Å². The topological polar surface area (TPSA) is 32.3 Å². The lowest BCUT2D eigenvalue weighted by Gasteiger charge is -2.26. The molecule has 3 nitrogen and oxygen atoms in total. The molecule has 20 heavy (non-hydrogen) atoms. The molecule has 1 aliphatic rings. The second-order valence-corrected chi connectivity index (χ2v) is 4.94. The summed E-state index contributed by atoms with van der Waals surface area (Å²) in [7, 11) is 0. The molecule has 1 atom stereocenters. The summed E-state index contributed by atoms with van der Waals surface area (Å²) >= 11 is 0. The number of amides is 1. The van der Waals surface area contributed by atoms with Crippen molar-refractivity contribution in [3.8, 4) is 0 Å². The van der Waals surface area contributed by atoms with E-state index in [1.54, 1.807) is 30.3 Å². The van der Waals surface area contributed by atoms with Crippen molar-refractivity contribution in [1.82, 2.24) is 10.2 Å². The van der Waals surface area contributed by atoms with Gasteiger partial charge < -0.3 is 10.2 Å². The van der Waals surface area contributed by atoms with Crippen LogP contribution in [0.5, 0.6) is 0 Å². The van der Waals surface area contributed by atoms with Gasteiger partial charge in [0.05, 0.1) is 6.04 Å². The maximum absolute atomic E-state index is 12.6. The van der Waals surface area contributed by atoms with E-state index >= 15 is 0 Å². The number of alkyl halides is 3. The van der Waals surface area contributed by atoms with Crippen LogP contribution >= 0.6 is 0 Å². The van der Waals surface area contributed by atoms with E-state index < -0.39 is 24.7 Å². The van der Waals surface area contributed by atoms with Crippen LogP contribution in [0.3, 0.4) is 0 Å². The predicted molar refractivity (Wildman–Crippen MR) is 68.9 cm³/mol. The van der Waals surface area contributed by atoms with Gasteiger partial charge in [0.15, 0.2) is 0 Å². The van der Waals surface area contributed by atoms with Crippen LogP contribution in [-0.2, 0) is 11.3 Å². The van der Waals surface area contributed by atoms with E-state index in [2.05, 4.69) is 5.32 Å². The Morgan fingerprint density at radius 3 is 2.55 bits per heavy atom. The highest BCUT2D eigenvalue weighted by Crippen LogP contribution is 2.20. The molecule has 0 radical (unpaired) electrons. The molecule has 1 amide bonds. The Morgan fingerprint density at radius 2 is 2.00 bits per heavy atom. The number of hydrogen-bond donors (Lipinski definition) is 1. The molecule has 1 aromatic carbocycles. The zero-order valence-electron chi connectivity index (χ0n) is 11.0. The number of hydrogen-bond acceptors (Lipinski definition) is 2. The molecule has 1 saturated heterocycles. The largest absolute Gasteiger partial charge is 0.406 e. The van der Waals surface area contributed by atoms with E-state index in [4.69, 9.17) is 0 Å². The smallest absolute Gasteiger partial charge is 0.328 e. The summed E-state index contributed by atoms with van der Waals surface area (Å²) in [5.74, 6) is -0.469. The number of carbonyl (C=O) groups is 1. The number of benzene rings is 1. The molecule has 2 rings (SSSR count). The molecule has 1 heterocycles. The second-order valence-electron chi connectivity index (χ2n) is 4.94. The van der Waals surface area contributed by atoms with E-state index in [0.29, 0.717) is 18.5 Å². The maximum atomic E-state index is 12.6. The van der Waals surface area contributed by atoms with Gasteiger partial charge in [0, 0.05) is 6.54 Å². The lowest BCUT2D eigenvalue weighted by molar-refractivity contribution is -0.163. The molecule has 0 spiro atoms. The zero-order valence-corrected chi connectivity index (χ0v) is 11.0. The van der Waals surface area contributed by atoms with Gasteiger partial charge in [0.2, 0.25) is 5.91 Å². The molecular formula is C14H17F3N2O. The number of rotatable bonds is 4. The van der Waals surface area contributed by atoms with Crippen molar-refractivity contribution in [1.29, 1.82) is 0 Å². The van der Waals surface area contributed by atoms with E-state index in [0.717, 1.165) is 11.3 Å². The molecule has 0 unspecified atom stereocenters. The number of carbonyl (C=O) groups excluding carboxylic acids is 1. The highest BCUT2D eigenvalue weighted by molar-refractivity contribution is 5.82. The van der Waals surface area contributed by atoms with Gasteiger partial charge in [0.1, 0.15) is 6.54 Å². The molecule has 0 saturated carbocycles. The monoisotopic (exact) mass is 286 g/mol. The quantitative estimate of drug-likeness (QED) is 0.921. The highest BCUT2D eigenvalue weighted by atomic mass is 19.4. The summed E-state index contributed by atoms with van der Waals surface area (Å²) in [6.07, 6.45) is -2.97. The lowest BCUT2D eigenvalue weighted by Crippen LogP contribution is -2.46. The van der Waals surface area contributed by atoms with E-state index in [9.17, 15) is 18.0 Å². The van der Waals surface area contributed by atoms with Crippen molar-refractivity contribution in [2.45, 2.75) is 31.6 Å². The van der Waals surface area contributed by atoms with Crippen molar-refractivity contribution >= 4 is 5.91 Å². The average molecular weight is 286 g/mol. The number of halogens is 3. The Kier molecular flexibility index (Phi) is 4.65. The van der Waals surface area contributed by atoms with Crippen molar-refractivity contribution in [3.63, 3.8) is 0 Å². The summed E-state index contributed by atoms with van der Waals surface area (Å²) in [6, 6.07) is 8.25. The molecule has 1 fully saturated rings. The summed E-state index contributed by atoms with van der Waals surface area (Å²) in [6.45, 7) is -0.544. The van der Waals surface area contributed by atoms with Crippen LogP contribution in [0.4, 0.5) is 13.2 Å². The minimum atomic E-state index is -4.39. The van der Waals surface area contributed by atoms with Crippen LogP contribution in [0.2, 0.25) is 0 Å². The van der Waals surface area contributed by atoms with Gasteiger partial charge in [-0.15, -0.1) is 0 Å². The molecular weight excluding hydrogens is 269 g/mol. The van der Waals surface area contributed by atoms with Crippen LogP contribution < -0.4 is 5.32 Å². The molecule has 1 aliphatic heterocycles. The second kappa shape index (κ2) is 6.26. The minimum absolute atomic E-state index is 0.0165. The van der Waals surface area contributed by atoms with Crippen LogP contribution in [0.25, 0.3) is 0 Å². The van der Waals surface area contributed by atoms with Crippen LogP contribution in [0, 0.1) is 0 Å². The molecule has 0 aromatic heterocycles.